The summed E-state index contributed by atoms with van der Waals surface area (Å²) in [5.74, 6) is -3.36. The molecule has 0 bridgehead atoms. The van der Waals surface area contributed by atoms with Gasteiger partial charge in [0.2, 0.25) is 5.91 Å². The second-order valence-corrected chi connectivity index (χ2v) is 7.47. The summed E-state index contributed by atoms with van der Waals surface area (Å²) in [4.78, 5) is 11.5. The summed E-state index contributed by atoms with van der Waals surface area (Å²) in [5, 5.41) is 6.67. The number of H-pyrrole nitrogens is 1. The molecule has 0 fully saturated rings. The third kappa shape index (κ3) is 3.03. The Kier molecular flexibility index (Phi) is 4.12. The summed E-state index contributed by atoms with van der Waals surface area (Å²) in [5.41, 5.74) is 1.77. The highest BCUT2D eigenvalue weighted by molar-refractivity contribution is 7.90. The molecule has 6 nitrogen and oxygen atoms in total. The van der Waals surface area contributed by atoms with Crippen molar-refractivity contribution in [3.8, 4) is 0 Å². The van der Waals surface area contributed by atoms with Crippen molar-refractivity contribution < 1.29 is 22.0 Å². The molecule has 0 aliphatic heterocycles. The molecule has 3 rings (SSSR count). The molecule has 1 heterocycles. The summed E-state index contributed by atoms with van der Waals surface area (Å²) < 4.78 is 53.5. The quantitative estimate of drug-likeness (QED) is 0.875. The van der Waals surface area contributed by atoms with Crippen LogP contribution in [-0.2, 0) is 27.7 Å². The molecule has 0 unspecified atom stereocenters. The van der Waals surface area contributed by atoms with Crippen LogP contribution in [-0.4, -0.2) is 24.5 Å². The van der Waals surface area contributed by atoms with E-state index >= 15 is 0 Å². The first-order valence-electron chi connectivity index (χ1n) is 7.31. The number of hydrogen-bond donors (Lipinski definition) is 2. The fourth-order valence-corrected chi connectivity index (χ4v) is 3.93. The molecule has 9 heteroatoms. The zero-order valence-corrected chi connectivity index (χ0v) is 13.6. The minimum atomic E-state index is -4.41. The van der Waals surface area contributed by atoms with E-state index < -0.39 is 38.4 Å². The number of sulfonamides is 1. The molecule has 1 aromatic carbocycles. The van der Waals surface area contributed by atoms with Crippen molar-refractivity contribution in [1.82, 2.24) is 14.9 Å². The summed E-state index contributed by atoms with van der Waals surface area (Å²) in [6, 6.07) is 1.36. The lowest BCUT2D eigenvalue weighted by atomic mass is 9.88. The third-order valence-corrected chi connectivity index (χ3v) is 5.49. The van der Waals surface area contributed by atoms with E-state index in [0.717, 1.165) is 17.3 Å². The van der Waals surface area contributed by atoms with Gasteiger partial charge in [-0.1, -0.05) is 0 Å². The SMILES string of the molecule is Cc1cc(S(=O)(=O)NC(=O)[C@H]2CCc3cn[nH]c3C2)c(F)cc1F. The molecule has 2 aromatic rings. The van der Waals surface area contributed by atoms with E-state index in [2.05, 4.69) is 10.2 Å². The molecule has 1 aliphatic rings. The van der Waals surface area contributed by atoms with Crippen molar-refractivity contribution in [1.29, 1.82) is 0 Å². The van der Waals surface area contributed by atoms with Crippen molar-refractivity contribution in [2.75, 3.05) is 0 Å². The van der Waals surface area contributed by atoms with Crippen LogP contribution in [0.15, 0.2) is 23.2 Å². The Bertz CT molecular complexity index is 909. The lowest BCUT2D eigenvalue weighted by Crippen LogP contribution is -2.38. The number of aromatic amines is 1. The summed E-state index contributed by atoms with van der Waals surface area (Å²) in [6.07, 6.45) is 3.09. The molecule has 2 N–H and O–H groups in total. The van der Waals surface area contributed by atoms with Crippen molar-refractivity contribution in [2.45, 2.75) is 31.1 Å². The summed E-state index contributed by atoms with van der Waals surface area (Å²) in [7, 11) is -4.41. The maximum Gasteiger partial charge on any atom is 0.266 e. The monoisotopic (exact) mass is 355 g/mol. The third-order valence-electron chi connectivity index (χ3n) is 4.13. The van der Waals surface area contributed by atoms with Crippen LogP contribution in [0.4, 0.5) is 8.78 Å². The van der Waals surface area contributed by atoms with Crippen LogP contribution in [0.3, 0.4) is 0 Å². The van der Waals surface area contributed by atoms with E-state index in [1.165, 1.54) is 6.92 Å². The number of hydrogen-bond acceptors (Lipinski definition) is 4. The molecule has 1 aliphatic carbocycles. The normalized spacial score (nSPS) is 17.4. The van der Waals surface area contributed by atoms with E-state index in [1.54, 1.807) is 6.20 Å². The molecule has 1 aromatic heterocycles. The number of aryl methyl sites for hydroxylation is 2. The molecule has 128 valence electrons. The number of rotatable bonds is 3. The Hall–Kier alpha value is -2.29. The number of nitrogens with one attached hydrogen (secondary N) is 2. The summed E-state index contributed by atoms with van der Waals surface area (Å²) >= 11 is 0. The van der Waals surface area contributed by atoms with E-state index in [-0.39, 0.29) is 5.56 Å². The second-order valence-electron chi connectivity index (χ2n) is 5.82. The highest BCUT2D eigenvalue weighted by Crippen LogP contribution is 2.25. The first kappa shape index (κ1) is 16.6. The van der Waals surface area contributed by atoms with Crippen molar-refractivity contribution >= 4 is 15.9 Å². The number of fused-ring (bicyclic) bond motifs is 1. The molecule has 0 spiro atoms. The first-order chi connectivity index (χ1) is 11.3. The van der Waals surface area contributed by atoms with Crippen LogP contribution in [0.25, 0.3) is 0 Å². The van der Waals surface area contributed by atoms with Crippen LogP contribution in [0, 0.1) is 24.5 Å². The van der Waals surface area contributed by atoms with Gasteiger partial charge in [-0.2, -0.15) is 5.10 Å². The maximum absolute atomic E-state index is 13.8. The lowest BCUT2D eigenvalue weighted by Gasteiger charge is -2.21. The number of amides is 1. The fourth-order valence-electron chi connectivity index (χ4n) is 2.74. The van der Waals surface area contributed by atoms with Crippen molar-refractivity contribution in [3.05, 3.63) is 46.8 Å². The van der Waals surface area contributed by atoms with Gasteiger partial charge in [0.05, 0.1) is 6.20 Å². The number of carbonyl (C=O) groups is 1. The van der Waals surface area contributed by atoms with Crippen LogP contribution < -0.4 is 4.72 Å². The predicted octanol–water partition coefficient (Wildman–Crippen LogP) is 1.61. The van der Waals surface area contributed by atoms with E-state index in [4.69, 9.17) is 0 Å². The molecular weight excluding hydrogens is 340 g/mol. The lowest BCUT2D eigenvalue weighted by molar-refractivity contribution is -0.123. The molecule has 24 heavy (non-hydrogen) atoms. The first-order valence-corrected chi connectivity index (χ1v) is 8.79. The number of halogens is 2. The molecule has 0 saturated carbocycles. The van der Waals surface area contributed by atoms with Crippen molar-refractivity contribution in [3.63, 3.8) is 0 Å². The minimum absolute atomic E-state index is 0.0241. The number of aromatic nitrogens is 2. The van der Waals surface area contributed by atoms with Crippen molar-refractivity contribution in [2.24, 2.45) is 5.92 Å². The van der Waals surface area contributed by atoms with E-state index in [9.17, 15) is 22.0 Å². The Morgan fingerprint density at radius 2 is 2.08 bits per heavy atom. The van der Waals surface area contributed by atoms with Crippen LogP contribution in [0.1, 0.15) is 23.2 Å². The standard InChI is InChI=1S/C15H15F2N3O3S/c1-8-4-14(12(17)6-11(8)16)24(22,23)20-15(21)9-2-3-10-7-18-19-13(10)5-9/h4,6-7,9H,2-3,5H2,1H3,(H,18,19)(H,20,21)/t9-/m0/s1. The van der Waals surface area contributed by atoms with Gasteiger partial charge >= 0.3 is 0 Å². The average Bonchev–Trinajstić information content (AvgIpc) is 2.97. The largest absolute Gasteiger partial charge is 0.282 e. The molecule has 1 amide bonds. The molecule has 0 saturated heterocycles. The maximum atomic E-state index is 13.8. The Morgan fingerprint density at radius 1 is 1.33 bits per heavy atom. The Morgan fingerprint density at radius 3 is 2.83 bits per heavy atom. The van der Waals surface area contributed by atoms with Gasteiger partial charge in [0.25, 0.3) is 10.0 Å². The minimum Gasteiger partial charge on any atom is -0.282 e. The fraction of sp³-hybridized carbons (Fsp3) is 0.333. The van der Waals surface area contributed by atoms with Gasteiger partial charge < -0.3 is 0 Å². The average molecular weight is 355 g/mol. The van der Waals surface area contributed by atoms with Crippen LogP contribution in [0.2, 0.25) is 0 Å². The van der Waals surface area contributed by atoms with E-state index in [0.29, 0.717) is 25.3 Å². The topological polar surface area (TPSA) is 91.9 Å². The smallest absolute Gasteiger partial charge is 0.266 e. The zero-order valence-electron chi connectivity index (χ0n) is 12.8. The van der Waals surface area contributed by atoms with Crippen LogP contribution in [0.5, 0.6) is 0 Å². The van der Waals surface area contributed by atoms with Gasteiger partial charge in [-0.3, -0.25) is 9.89 Å². The molecule has 0 radical (unpaired) electrons. The van der Waals surface area contributed by atoms with E-state index in [1.807, 2.05) is 4.72 Å². The van der Waals surface area contributed by atoms with Crippen LogP contribution >= 0.6 is 0 Å². The molecule has 1 atom stereocenters. The van der Waals surface area contributed by atoms with Gasteiger partial charge in [0.15, 0.2) is 0 Å². The summed E-state index contributed by atoms with van der Waals surface area (Å²) in [6.45, 7) is 1.32. The highest BCUT2D eigenvalue weighted by atomic mass is 32.2. The molecular formula is C15H15F2N3O3S. The number of benzene rings is 1. The van der Waals surface area contributed by atoms with Gasteiger partial charge in [0.1, 0.15) is 16.5 Å². The van der Waals surface area contributed by atoms with Gasteiger partial charge in [-0.25, -0.2) is 21.9 Å². The number of nitrogens with zero attached hydrogens (tertiary/aromatic N) is 1. The van der Waals surface area contributed by atoms with Gasteiger partial charge in [-0.05, 0) is 37.0 Å². The number of carbonyl (C=O) groups excluding carboxylic acids is 1. The second kappa shape index (κ2) is 5.97. The van der Waals surface area contributed by atoms with Gasteiger partial charge in [0, 0.05) is 24.1 Å². The highest BCUT2D eigenvalue weighted by Gasteiger charge is 2.30. The van der Waals surface area contributed by atoms with Gasteiger partial charge in [-0.15, -0.1) is 0 Å². The zero-order chi connectivity index (χ0) is 17.5. The Balaban J connectivity index is 1.80. The predicted molar refractivity (Wildman–Crippen MR) is 80.5 cm³/mol. The Labute approximate surface area is 137 Å².